The van der Waals surface area contributed by atoms with Gasteiger partial charge in [0.25, 0.3) is 0 Å². The summed E-state index contributed by atoms with van der Waals surface area (Å²) < 4.78 is 5.08. The van der Waals surface area contributed by atoms with Gasteiger partial charge in [-0.15, -0.1) is 0 Å². The number of carbonyl (C=O) groups is 1. The summed E-state index contributed by atoms with van der Waals surface area (Å²) in [5.41, 5.74) is 2.85. The number of ether oxygens (including phenoxy) is 1. The molecule has 1 aromatic rings. The van der Waals surface area contributed by atoms with Crippen molar-refractivity contribution in [2.75, 3.05) is 26.2 Å². The van der Waals surface area contributed by atoms with E-state index in [9.17, 15) is 4.79 Å². The van der Waals surface area contributed by atoms with Crippen LogP contribution in [0.2, 0.25) is 0 Å². The standard InChI is InChI=1S/C14H20N2O2/c1-3-18-14(17)12-6-4-5-11(10(12)2)13-9-15-7-8-16-13/h4-6,13,15-16H,3,7-9H2,1-2H3. The summed E-state index contributed by atoms with van der Waals surface area (Å²) in [5, 5.41) is 6.82. The van der Waals surface area contributed by atoms with Gasteiger partial charge in [0.1, 0.15) is 0 Å². The predicted octanol–water partition coefficient (Wildman–Crippen LogP) is 1.41. The molecule has 4 nitrogen and oxygen atoms in total. The molecule has 1 unspecified atom stereocenters. The topological polar surface area (TPSA) is 50.4 Å². The van der Waals surface area contributed by atoms with Gasteiger partial charge in [0.05, 0.1) is 12.2 Å². The molecule has 0 bridgehead atoms. The summed E-state index contributed by atoms with van der Waals surface area (Å²) in [6.45, 7) is 7.06. The third-order valence-corrected chi connectivity index (χ3v) is 3.29. The van der Waals surface area contributed by atoms with Crippen molar-refractivity contribution >= 4 is 5.97 Å². The van der Waals surface area contributed by atoms with E-state index in [1.165, 1.54) is 5.56 Å². The van der Waals surface area contributed by atoms with Gasteiger partial charge < -0.3 is 15.4 Å². The van der Waals surface area contributed by atoms with Crippen molar-refractivity contribution in [2.24, 2.45) is 0 Å². The summed E-state index contributed by atoms with van der Waals surface area (Å²) in [5.74, 6) is -0.236. The molecule has 4 heteroatoms. The van der Waals surface area contributed by atoms with Gasteiger partial charge in [0.2, 0.25) is 0 Å². The Morgan fingerprint density at radius 2 is 2.28 bits per heavy atom. The van der Waals surface area contributed by atoms with E-state index in [0.29, 0.717) is 12.2 Å². The Balaban J connectivity index is 2.26. The first kappa shape index (κ1) is 13.1. The summed E-state index contributed by atoms with van der Waals surface area (Å²) in [6, 6.07) is 6.09. The highest BCUT2D eigenvalue weighted by Gasteiger charge is 2.19. The van der Waals surface area contributed by atoms with Crippen molar-refractivity contribution in [1.29, 1.82) is 0 Å². The summed E-state index contributed by atoms with van der Waals surface area (Å²) in [4.78, 5) is 11.8. The minimum absolute atomic E-state index is 0.236. The van der Waals surface area contributed by atoms with E-state index in [0.717, 1.165) is 25.2 Å². The van der Waals surface area contributed by atoms with Crippen LogP contribution in [0.15, 0.2) is 18.2 Å². The van der Waals surface area contributed by atoms with Crippen LogP contribution in [0.3, 0.4) is 0 Å². The monoisotopic (exact) mass is 248 g/mol. The molecule has 1 fully saturated rings. The maximum atomic E-state index is 11.8. The predicted molar refractivity (Wildman–Crippen MR) is 70.7 cm³/mol. The minimum Gasteiger partial charge on any atom is -0.462 e. The second-order valence-corrected chi connectivity index (χ2v) is 4.45. The van der Waals surface area contributed by atoms with Crippen molar-refractivity contribution in [3.8, 4) is 0 Å². The fourth-order valence-electron chi connectivity index (χ4n) is 2.33. The summed E-state index contributed by atoms with van der Waals surface area (Å²) in [7, 11) is 0. The van der Waals surface area contributed by atoms with Gasteiger partial charge in [-0.2, -0.15) is 0 Å². The molecule has 1 aliphatic rings. The molecule has 1 aliphatic heterocycles. The number of rotatable bonds is 3. The molecule has 1 aromatic carbocycles. The smallest absolute Gasteiger partial charge is 0.338 e. The zero-order valence-corrected chi connectivity index (χ0v) is 11.0. The van der Waals surface area contributed by atoms with Crippen molar-refractivity contribution in [3.05, 3.63) is 34.9 Å². The van der Waals surface area contributed by atoms with Crippen LogP contribution in [0.4, 0.5) is 0 Å². The number of carbonyl (C=O) groups excluding carboxylic acids is 1. The zero-order chi connectivity index (χ0) is 13.0. The van der Waals surface area contributed by atoms with E-state index in [1.54, 1.807) is 0 Å². The average Bonchev–Trinajstić information content (AvgIpc) is 2.40. The minimum atomic E-state index is -0.236. The quantitative estimate of drug-likeness (QED) is 0.794. The number of benzene rings is 1. The molecule has 2 N–H and O–H groups in total. The van der Waals surface area contributed by atoms with Gasteiger partial charge in [0.15, 0.2) is 0 Å². The molecular weight excluding hydrogens is 228 g/mol. The molecule has 1 heterocycles. The van der Waals surface area contributed by atoms with Crippen LogP contribution in [0.25, 0.3) is 0 Å². The number of esters is 1. The largest absolute Gasteiger partial charge is 0.462 e. The first-order valence-corrected chi connectivity index (χ1v) is 6.44. The van der Waals surface area contributed by atoms with Gasteiger partial charge in [-0.1, -0.05) is 12.1 Å². The fourth-order valence-corrected chi connectivity index (χ4v) is 2.33. The lowest BCUT2D eigenvalue weighted by Crippen LogP contribution is -2.43. The Morgan fingerprint density at radius 3 is 2.94 bits per heavy atom. The lowest BCUT2D eigenvalue weighted by atomic mass is 9.96. The SMILES string of the molecule is CCOC(=O)c1cccc(C2CNCCN2)c1C. The zero-order valence-electron chi connectivity index (χ0n) is 11.0. The summed E-state index contributed by atoms with van der Waals surface area (Å²) >= 11 is 0. The van der Waals surface area contributed by atoms with Crippen LogP contribution in [0.1, 0.15) is 34.5 Å². The lowest BCUT2D eigenvalue weighted by molar-refractivity contribution is 0.0525. The Morgan fingerprint density at radius 1 is 1.44 bits per heavy atom. The van der Waals surface area contributed by atoms with Gasteiger partial charge in [-0.3, -0.25) is 0 Å². The first-order chi connectivity index (χ1) is 8.74. The lowest BCUT2D eigenvalue weighted by Gasteiger charge is -2.26. The molecule has 0 amide bonds. The molecule has 2 rings (SSSR count). The van der Waals surface area contributed by atoms with Crippen LogP contribution < -0.4 is 10.6 Å². The maximum absolute atomic E-state index is 11.8. The Bertz CT molecular complexity index is 426. The third kappa shape index (κ3) is 2.71. The van der Waals surface area contributed by atoms with Crippen molar-refractivity contribution in [3.63, 3.8) is 0 Å². The molecule has 1 saturated heterocycles. The molecule has 18 heavy (non-hydrogen) atoms. The second-order valence-electron chi connectivity index (χ2n) is 4.45. The van der Waals surface area contributed by atoms with Gasteiger partial charge in [0, 0.05) is 25.7 Å². The van der Waals surface area contributed by atoms with E-state index in [1.807, 2.05) is 26.0 Å². The number of hydrogen-bond donors (Lipinski definition) is 2. The van der Waals surface area contributed by atoms with Crippen LogP contribution in [-0.2, 0) is 4.74 Å². The number of hydrogen-bond acceptors (Lipinski definition) is 4. The molecular formula is C14H20N2O2. The van der Waals surface area contributed by atoms with E-state index >= 15 is 0 Å². The Kier molecular flexibility index (Phi) is 4.33. The highest BCUT2D eigenvalue weighted by molar-refractivity contribution is 5.91. The van der Waals surface area contributed by atoms with Crippen molar-refractivity contribution < 1.29 is 9.53 Å². The average molecular weight is 248 g/mol. The Hall–Kier alpha value is -1.39. The van der Waals surface area contributed by atoms with E-state index in [-0.39, 0.29) is 12.0 Å². The molecule has 0 aliphatic carbocycles. The van der Waals surface area contributed by atoms with Crippen LogP contribution in [0.5, 0.6) is 0 Å². The third-order valence-electron chi connectivity index (χ3n) is 3.29. The number of nitrogens with one attached hydrogen (secondary N) is 2. The number of piperazine rings is 1. The van der Waals surface area contributed by atoms with E-state index in [4.69, 9.17) is 4.74 Å². The maximum Gasteiger partial charge on any atom is 0.338 e. The molecule has 98 valence electrons. The summed E-state index contributed by atoms with van der Waals surface area (Å²) in [6.07, 6.45) is 0. The Labute approximate surface area is 108 Å². The van der Waals surface area contributed by atoms with Gasteiger partial charge in [-0.25, -0.2) is 4.79 Å². The van der Waals surface area contributed by atoms with Crippen LogP contribution >= 0.6 is 0 Å². The normalized spacial score (nSPS) is 19.6. The van der Waals surface area contributed by atoms with Gasteiger partial charge >= 0.3 is 5.97 Å². The van der Waals surface area contributed by atoms with Crippen molar-refractivity contribution in [2.45, 2.75) is 19.9 Å². The van der Waals surface area contributed by atoms with Crippen molar-refractivity contribution in [1.82, 2.24) is 10.6 Å². The van der Waals surface area contributed by atoms with Gasteiger partial charge in [-0.05, 0) is 31.0 Å². The molecule has 0 spiro atoms. The van der Waals surface area contributed by atoms with E-state index < -0.39 is 0 Å². The molecule has 0 radical (unpaired) electrons. The van der Waals surface area contributed by atoms with E-state index in [2.05, 4.69) is 16.7 Å². The highest BCUT2D eigenvalue weighted by atomic mass is 16.5. The highest BCUT2D eigenvalue weighted by Crippen LogP contribution is 2.22. The molecule has 0 aromatic heterocycles. The second kappa shape index (κ2) is 5.98. The first-order valence-electron chi connectivity index (χ1n) is 6.44. The van der Waals surface area contributed by atoms with Crippen LogP contribution in [-0.4, -0.2) is 32.2 Å². The molecule has 1 atom stereocenters. The molecule has 0 saturated carbocycles. The van der Waals surface area contributed by atoms with Crippen LogP contribution in [0, 0.1) is 6.92 Å². The fraction of sp³-hybridized carbons (Fsp3) is 0.500.